The molecule has 0 radical (unpaired) electrons. The lowest BCUT2D eigenvalue weighted by molar-refractivity contribution is -0.115. The summed E-state index contributed by atoms with van der Waals surface area (Å²) in [4.78, 5) is 28.2. The van der Waals surface area contributed by atoms with Crippen LogP contribution in [-0.2, 0) is 4.79 Å². The molecule has 3 heterocycles. The number of fused-ring (bicyclic) bond motifs is 1. The molecule has 5 N–H and O–H groups in total. The average molecular weight is 482 g/mol. The van der Waals surface area contributed by atoms with E-state index in [9.17, 15) is 14.7 Å². The van der Waals surface area contributed by atoms with Gasteiger partial charge in [-0.1, -0.05) is 30.5 Å². The van der Waals surface area contributed by atoms with E-state index in [2.05, 4.69) is 26.4 Å². The molecule has 1 saturated carbocycles. The second-order valence-corrected chi connectivity index (χ2v) is 9.12. The van der Waals surface area contributed by atoms with Crippen LogP contribution in [0.1, 0.15) is 31.2 Å². The number of imide groups is 1. The van der Waals surface area contributed by atoms with Crippen molar-refractivity contribution in [3.63, 3.8) is 0 Å². The molecule has 0 bridgehead atoms. The Bertz CT molecular complexity index is 1300. The molecule has 1 aliphatic carbocycles. The second-order valence-electron chi connectivity index (χ2n) is 8.68. The first-order valence-corrected chi connectivity index (χ1v) is 11.4. The van der Waals surface area contributed by atoms with Crippen LogP contribution in [0.4, 0.5) is 22.1 Å². The van der Waals surface area contributed by atoms with Gasteiger partial charge in [0.05, 0.1) is 12.8 Å². The first kappa shape index (κ1) is 22.2. The van der Waals surface area contributed by atoms with Crippen molar-refractivity contribution in [1.82, 2.24) is 25.2 Å². The van der Waals surface area contributed by atoms with Gasteiger partial charge in [0.25, 0.3) is 5.91 Å². The van der Waals surface area contributed by atoms with Crippen molar-refractivity contribution in [2.24, 2.45) is 5.41 Å². The summed E-state index contributed by atoms with van der Waals surface area (Å²) in [6.07, 6.45) is 7.24. The molecular weight excluding hydrogens is 458 g/mol. The molecule has 0 unspecified atom stereocenters. The van der Waals surface area contributed by atoms with Crippen molar-refractivity contribution in [1.29, 1.82) is 0 Å². The first-order chi connectivity index (χ1) is 16.4. The highest BCUT2D eigenvalue weighted by Crippen LogP contribution is 2.38. The van der Waals surface area contributed by atoms with E-state index < -0.39 is 11.9 Å². The van der Waals surface area contributed by atoms with Gasteiger partial charge >= 0.3 is 6.03 Å². The standard InChI is InChI=1S/C23H24ClN7O3/c24-15-4-3-5-16(9-15)27-18-10-19(25-12-23(13-32)6-1-2-7-23)31-20(29-18)14(11-26-31)8-17-21(33)30-22(34)28-17/h3-5,8-11,25,32H,1-2,6-7,12-13H2,(H,27,29)(H2,28,30,33,34)/b17-8-. The fourth-order valence-corrected chi connectivity index (χ4v) is 4.61. The number of anilines is 3. The van der Waals surface area contributed by atoms with Crippen molar-refractivity contribution in [3.05, 3.63) is 52.8 Å². The summed E-state index contributed by atoms with van der Waals surface area (Å²) < 4.78 is 1.64. The van der Waals surface area contributed by atoms with E-state index in [4.69, 9.17) is 16.6 Å². The summed E-state index contributed by atoms with van der Waals surface area (Å²) in [5, 5.41) is 26.4. The fraction of sp³-hybridized carbons (Fsp3) is 0.304. The zero-order chi connectivity index (χ0) is 23.7. The van der Waals surface area contributed by atoms with Gasteiger partial charge in [-0.3, -0.25) is 10.1 Å². The van der Waals surface area contributed by atoms with Gasteiger partial charge in [0.15, 0.2) is 5.65 Å². The molecule has 10 nitrogen and oxygen atoms in total. The van der Waals surface area contributed by atoms with Crippen molar-refractivity contribution in [2.75, 3.05) is 23.8 Å². The Labute approximate surface area is 200 Å². The molecule has 5 rings (SSSR count). The summed E-state index contributed by atoms with van der Waals surface area (Å²) in [5.74, 6) is 0.711. The van der Waals surface area contributed by atoms with Gasteiger partial charge in [0.1, 0.15) is 17.3 Å². The molecule has 1 saturated heterocycles. The summed E-state index contributed by atoms with van der Waals surface area (Å²) in [5.41, 5.74) is 1.76. The highest BCUT2D eigenvalue weighted by molar-refractivity contribution is 6.30. The minimum absolute atomic E-state index is 0.118. The number of nitrogens with zero attached hydrogens (tertiary/aromatic N) is 3. The van der Waals surface area contributed by atoms with Crippen molar-refractivity contribution in [3.8, 4) is 0 Å². The molecule has 2 fully saturated rings. The SMILES string of the molecule is O=C1NC(=O)/C(=C/c2cnn3c(NCC4(CO)CCCC4)cc(Nc4cccc(Cl)c4)nc23)N1. The number of nitrogens with one attached hydrogen (secondary N) is 4. The van der Waals surface area contributed by atoms with E-state index in [1.165, 1.54) is 6.08 Å². The third-order valence-corrected chi connectivity index (χ3v) is 6.50. The number of amides is 3. The molecule has 1 aliphatic heterocycles. The van der Waals surface area contributed by atoms with Gasteiger partial charge in [0.2, 0.25) is 0 Å². The molecule has 1 aromatic carbocycles. The maximum absolute atomic E-state index is 12.0. The van der Waals surface area contributed by atoms with E-state index in [1.807, 2.05) is 18.2 Å². The summed E-state index contributed by atoms with van der Waals surface area (Å²) in [7, 11) is 0. The number of aliphatic hydroxyl groups excluding tert-OH is 1. The number of hydrogen-bond acceptors (Lipinski definition) is 7. The van der Waals surface area contributed by atoms with Crippen LogP contribution in [0.2, 0.25) is 5.02 Å². The Kier molecular flexibility index (Phi) is 5.84. The number of halogens is 1. The Balaban J connectivity index is 1.53. The Morgan fingerprint density at radius 3 is 2.74 bits per heavy atom. The van der Waals surface area contributed by atoms with Gasteiger partial charge in [0, 0.05) is 34.3 Å². The molecule has 3 aromatic rings. The van der Waals surface area contributed by atoms with Crippen LogP contribution < -0.4 is 21.3 Å². The van der Waals surface area contributed by atoms with Crippen molar-refractivity contribution >= 4 is 52.6 Å². The number of benzene rings is 1. The largest absolute Gasteiger partial charge is 0.396 e. The molecule has 3 amide bonds. The zero-order valence-corrected chi connectivity index (χ0v) is 19.0. The third kappa shape index (κ3) is 4.42. The van der Waals surface area contributed by atoms with Crippen LogP contribution in [0.15, 0.2) is 42.2 Å². The minimum Gasteiger partial charge on any atom is -0.396 e. The van der Waals surface area contributed by atoms with Gasteiger partial charge in [-0.2, -0.15) is 9.61 Å². The van der Waals surface area contributed by atoms with Gasteiger partial charge in [-0.15, -0.1) is 0 Å². The van der Waals surface area contributed by atoms with E-state index in [0.717, 1.165) is 31.4 Å². The predicted octanol–water partition coefficient (Wildman–Crippen LogP) is 3.27. The minimum atomic E-state index is -0.572. The maximum atomic E-state index is 12.0. The van der Waals surface area contributed by atoms with Crippen molar-refractivity contribution in [2.45, 2.75) is 25.7 Å². The Hall–Kier alpha value is -3.63. The van der Waals surface area contributed by atoms with Gasteiger partial charge in [-0.25, -0.2) is 9.78 Å². The predicted molar refractivity (Wildman–Crippen MR) is 129 cm³/mol. The monoisotopic (exact) mass is 481 g/mol. The first-order valence-electron chi connectivity index (χ1n) is 11.0. The molecule has 176 valence electrons. The quantitative estimate of drug-likeness (QED) is 0.258. The van der Waals surface area contributed by atoms with E-state index in [0.29, 0.717) is 34.4 Å². The van der Waals surface area contributed by atoms with Crippen LogP contribution in [0.5, 0.6) is 0 Å². The van der Waals surface area contributed by atoms with E-state index >= 15 is 0 Å². The summed E-state index contributed by atoms with van der Waals surface area (Å²) >= 11 is 6.13. The molecule has 2 aliphatic rings. The molecule has 34 heavy (non-hydrogen) atoms. The fourth-order valence-electron chi connectivity index (χ4n) is 4.42. The highest BCUT2D eigenvalue weighted by Gasteiger charge is 2.33. The van der Waals surface area contributed by atoms with Crippen LogP contribution in [0.25, 0.3) is 11.7 Å². The molecule has 0 spiro atoms. The Morgan fingerprint density at radius 2 is 2.03 bits per heavy atom. The van der Waals surface area contributed by atoms with Crippen molar-refractivity contribution < 1.29 is 14.7 Å². The number of aliphatic hydroxyl groups is 1. The van der Waals surface area contributed by atoms with Crippen LogP contribution >= 0.6 is 11.6 Å². The number of urea groups is 1. The van der Waals surface area contributed by atoms with Crippen LogP contribution in [-0.4, -0.2) is 44.8 Å². The number of rotatable bonds is 7. The second kappa shape index (κ2) is 8.96. The smallest absolute Gasteiger partial charge is 0.326 e. The third-order valence-electron chi connectivity index (χ3n) is 6.26. The maximum Gasteiger partial charge on any atom is 0.326 e. The number of carbonyl (C=O) groups is 2. The topological polar surface area (TPSA) is 133 Å². The number of carbonyl (C=O) groups excluding carboxylic acids is 2. The molecule has 11 heteroatoms. The van der Waals surface area contributed by atoms with Crippen LogP contribution in [0.3, 0.4) is 0 Å². The van der Waals surface area contributed by atoms with Gasteiger partial charge in [-0.05, 0) is 37.1 Å². The van der Waals surface area contributed by atoms with E-state index in [1.54, 1.807) is 22.8 Å². The lowest BCUT2D eigenvalue weighted by Gasteiger charge is -2.27. The molecule has 0 atom stereocenters. The Morgan fingerprint density at radius 1 is 1.21 bits per heavy atom. The number of hydrogen-bond donors (Lipinski definition) is 5. The van der Waals surface area contributed by atoms with E-state index in [-0.39, 0.29) is 17.7 Å². The number of aromatic nitrogens is 3. The summed E-state index contributed by atoms with van der Waals surface area (Å²) in [6.45, 7) is 0.709. The highest BCUT2D eigenvalue weighted by atomic mass is 35.5. The lowest BCUT2D eigenvalue weighted by atomic mass is 9.87. The lowest BCUT2D eigenvalue weighted by Crippen LogP contribution is -2.31. The molecule has 2 aromatic heterocycles. The zero-order valence-electron chi connectivity index (χ0n) is 18.3. The average Bonchev–Trinajstić information content (AvgIpc) is 3.52. The summed E-state index contributed by atoms with van der Waals surface area (Å²) in [6, 6.07) is 8.55. The van der Waals surface area contributed by atoms with Gasteiger partial charge < -0.3 is 21.1 Å². The van der Waals surface area contributed by atoms with Crippen LogP contribution in [0, 0.1) is 5.41 Å². The molecular formula is C23H24ClN7O3. The normalized spacial score (nSPS) is 18.4.